The van der Waals surface area contributed by atoms with Crippen molar-refractivity contribution in [2.75, 3.05) is 38.8 Å². The molecule has 2 aliphatic rings. The molecule has 2 aromatic rings. The van der Waals surface area contributed by atoms with E-state index in [0.29, 0.717) is 35.4 Å². The first-order valence-electron chi connectivity index (χ1n) is 11.8. The lowest BCUT2D eigenvalue weighted by Gasteiger charge is -2.42. The van der Waals surface area contributed by atoms with Crippen LogP contribution in [0.1, 0.15) is 43.2 Å². The predicted molar refractivity (Wildman–Crippen MR) is 138 cm³/mol. The lowest BCUT2D eigenvalue weighted by atomic mass is 9.85. The molecule has 0 aliphatic carbocycles. The van der Waals surface area contributed by atoms with Gasteiger partial charge in [0.05, 0.1) is 50.5 Å². The van der Waals surface area contributed by atoms with E-state index in [4.69, 9.17) is 14.2 Å². The number of fused-ring (bicyclic) bond motifs is 1. The highest BCUT2D eigenvalue weighted by Gasteiger charge is 2.39. The predicted octanol–water partition coefficient (Wildman–Crippen LogP) is 5.27. The number of methoxy groups -OCH3 is 3. The fourth-order valence-corrected chi connectivity index (χ4v) is 5.74. The van der Waals surface area contributed by atoms with E-state index in [-0.39, 0.29) is 12.3 Å². The van der Waals surface area contributed by atoms with Crippen LogP contribution in [0.2, 0.25) is 0 Å². The molecule has 4 rings (SSSR count). The van der Waals surface area contributed by atoms with Gasteiger partial charge in [0.25, 0.3) is 0 Å². The Morgan fingerprint density at radius 3 is 2.37 bits per heavy atom. The van der Waals surface area contributed by atoms with Gasteiger partial charge in [-0.15, -0.1) is 0 Å². The number of hydrogen-bond acceptors (Lipinski definition) is 7. The van der Waals surface area contributed by atoms with Gasteiger partial charge in [-0.25, -0.2) is 0 Å². The summed E-state index contributed by atoms with van der Waals surface area (Å²) >= 11 is 1.53. The van der Waals surface area contributed by atoms with Crippen molar-refractivity contribution in [3.8, 4) is 23.3 Å². The van der Waals surface area contributed by atoms with Crippen molar-refractivity contribution in [1.29, 1.82) is 5.26 Å². The van der Waals surface area contributed by atoms with Gasteiger partial charge in [0, 0.05) is 29.7 Å². The first kappa shape index (κ1) is 24.8. The SMILES string of the molecule is CCCCc1ccc(N2CSC3=C(C#N)C(c4cc(OC)c(OC)cc4OC)CC(=O)N3C2)cc1. The molecule has 184 valence electrons. The summed E-state index contributed by atoms with van der Waals surface area (Å²) in [6, 6.07) is 14.5. The molecule has 0 spiro atoms. The average Bonchev–Trinajstić information content (AvgIpc) is 2.91. The van der Waals surface area contributed by atoms with E-state index in [9.17, 15) is 10.1 Å². The number of nitriles is 1. The first-order chi connectivity index (χ1) is 17.0. The number of ether oxygens (including phenoxy) is 3. The Bertz CT molecular complexity index is 1160. The minimum atomic E-state index is -0.412. The zero-order valence-corrected chi connectivity index (χ0v) is 21.5. The Balaban J connectivity index is 1.63. The van der Waals surface area contributed by atoms with Crippen LogP contribution >= 0.6 is 11.8 Å². The molecule has 0 bridgehead atoms. The van der Waals surface area contributed by atoms with Gasteiger partial charge in [0.1, 0.15) is 5.75 Å². The van der Waals surface area contributed by atoms with E-state index in [2.05, 4.69) is 42.2 Å². The van der Waals surface area contributed by atoms with Crippen molar-refractivity contribution in [3.63, 3.8) is 0 Å². The lowest BCUT2D eigenvalue weighted by molar-refractivity contribution is -0.129. The second-order valence-electron chi connectivity index (χ2n) is 8.58. The molecule has 8 heteroatoms. The third-order valence-electron chi connectivity index (χ3n) is 6.53. The maximum Gasteiger partial charge on any atom is 0.229 e. The molecule has 0 N–H and O–H groups in total. The summed E-state index contributed by atoms with van der Waals surface area (Å²) in [4.78, 5) is 17.3. The number of aryl methyl sites for hydroxylation is 1. The largest absolute Gasteiger partial charge is 0.496 e. The van der Waals surface area contributed by atoms with E-state index in [1.165, 1.54) is 30.2 Å². The second kappa shape index (κ2) is 11.0. The molecule has 0 aromatic heterocycles. The average molecular weight is 494 g/mol. The number of unbranched alkanes of at least 4 members (excludes halogenated alkanes) is 1. The van der Waals surface area contributed by atoms with Crippen LogP contribution in [0.4, 0.5) is 5.69 Å². The second-order valence-corrected chi connectivity index (χ2v) is 9.52. The molecule has 35 heavy (non-hydrogen) atoms. The van der Waals surface area contributed by atoms with Crippen molar-refractivity contribution in [2.24, 2.45) is 0 Å². The molecule has 1 amide bonds. The number of benzene rings is 2. The molecule has 1 unspecified atom stereocenters. The van der Waals surface area contributed by atoms with Crippen LogP contribution in [0, 0.1) is 11.3 Å². The lowest BCUT2D eigenvalue weighted by Crippen LogP contribution is -2.47. The number of allylic oxidation sites excluding steroid dienone is 1. The van der Waals surface area contributed by atoms with E-state index < -0.39 is 5.92 Å². The zero-order valence-electron chi connectivity index (χ0n) is 20.7. The fraction of sp³-hybridized carbons (Fsp3) is 0.407. The van der Waals surface area contributed by atoms with Crippen LogP contribution < -0.4 is 19.1 Å². The minimum absolute atomic E-state index is 0.0161. The molecule has 2 aliphatic heterocycles. The quantitative estimate of drug-likeness (QED) is 0.496. The van der Waals surface area contributed by atoms with Crippen LogP contribution in [0.15, 0.2) is 47.0 Å². The monoisotopic (exact) mass is 493 g/mol. The number of carbonyl (C=O) groups excluding carboxylic acids is 1. The van der Waals surface area contributed by atoms with Crippen molar-refractivity contribution in [2.45, 2.75) is 38.5 Å². The maximum absolute atomic E-state index is 13.3. The molecular formula is C27H31N3O4S. The molecule has 2 heterocycles. The number of rotatable bonds is 8. The van der Waals surface area contributed by atoms with Crippen molar-refractivity contribution in [3.05, 3.63) is 58.1 Å². The molecule has 1 saturated heterocycles. The summed E-state index contributed by atoms with van der Waals surface area (Å²) in [7, 11) is 4.69. The first-order valence-corrected chi connectivity index (χ1v) is 12.7. The number of nitrogens with zero attached hydrogens (tertiary/aromatic N) is 3. The number of carbonyl (C=O) groups is 1. The molecule has 0 radical (unpaired) electrons. The molecular weight excluding hydrogens is 462 g/mol. The van der Waals surface area contributed by atoms with Gasteiger partial charge in [-0.1, -0.05) is 37.2 Å². The topological polar surface area (TPSA) is 75.0 Å². The van der Waals surface area contributed by atoms with Crippen LogP contribution in [-0.4, -0.2) is 44.7 Å². The van der Waals surface area contributed by atoms with Crippen molar-refractivity contribution in [1.82, 2.24) is 4.90 Å². The third-order valence-corrected chi connectivity index (χ3v) is 7.68. The van der Waals surface area contributed by atoms with Gasteiger partial charge in [-0.2, -0.15) is 5.26 Å². The van der Waals surface area contributed by atoms with Gasteiger partial charge in [-0.3, -0.25) is 9.69 Å². The van der Waals surface area contributed by atoms with Gasteiger partial charge in [-0.05, 0) is 36.6 Å². The Kier molecular flexibility index (Phi) is 7.76. The van der Waals surface area contributed by atoms with Crippen LogP contribution in [0.25, 0.3) is 0 Å². The Morgan fingerprint density at radius 1 is 1.06 bits per heavy atom. The summed E-state index contributed by atoms with van der Waals surface area (Å²) < 4.78 is 16.5. The molecule has 7 nitrogen and oxygen atoms in total. The fourth-order valence-electron chi connectivity index (χ4n) is 4.57. The van der Waals surface area contributed by atoms with Crippen LogP contribution in [-0.2, 0) is 11.2 Å². The highest BCUT2D eigenvalue weighted by atomic mass is 32.2. The molecule has 0 saturated carbocycles. The number of anilines is 1. The normalized spacial score (nSPS) is 17.7. The summed E-state index contributed by atoms with van der Waals surface area (Å²) in [6.45, 7) is 2.62. The van der Waals surface area contributed by atoms with E-state index in [1.54, 1.807) is 32.3 Å². The van der Waals surface area contributed by atoms with Gasteiger partial charge < -0.3 is 19.1 Å². The van der Waals surface area contributed by atoms with Gasteiger partial charge in [0.2, 0.25) is 5.91 Å². The third kappa shape index (κ3) is 4.92. The van der Waals surface area contributed by atoms with E-state index >= 15 is 0 Å². The molecule has 1 fully saturated rings. The van der Waals surface area contributed by atoms with E-state index in [0.717, 1.165) is 22.7 Å². The maximum atomic E-state index is 13.3. The summed E-state index contributed by atoms with van der Waals surface area (Å²) in [5.41, 5.74) is 3.72. The number of hydrogen-bond donors (Lipinski definition) is 0. The smallest absolute Gasteiger partial charge is 0.229 e. The van der Waals surface area contributed by atoms with Crippen molar-refractivity contribution >= 4 is 23.4 Å². The number of thioether (sulfide) groups is 1. The van der Waals surface area contributed by atoms with E-state index in [1.807, 2.05) is 6.07 Å². The Hall–Kier alpha value is -3.31. The Labute approximate surface area is 211 Å². The van der Waals surface area contributed by atoms with Crippen LogP contribution in [0.3, 0.4) is 0 Å². The van der Waals surface area contributed by atoms with Gasteiger partial charge >= 0.3 is 0 Å². The Morgan fingerprint density at radius 2 is 1.74 bits per heavy atom. The standard InChI is InChI=1S/C27H31N3O4S/c1-5-6-7-18-8-10-19(11-9-18)29-16-30-26(31)13-20(22(15-28)27(30)35-17-29)21-12-24(33-3)25(34-4)14-23(21)32-2/h8-12,14,20H,5-7,13,16-17H2,1-4H3. The van der Waals surface area contributed by atoms with Crippen LogP contribution in [0.5, 0.6) is 17.2 Å². The number of amides is 1. The highest BCUT2D eigenvalue weighted by molar-refractivity contribution is 8.03. The van der Waals surface area contributed by atoms with Crippen molar-refractivity contribution < 1.29 is 19.0 Å². The minimum Gasteiger partial charge on any atom is -0.496 e. The molecule has 1 atom stereocenters. The van der Waals surface area contributed by atoms with Gasteiger partial charge in [0.15, 0.2) is 11.5 Å². The zero-order chi connectivity index (χ0) is 24.9. The summed E-state index contributed by atoms with van der Waals surface area (Å²) in [5.74, 6) is 1.86. The highest BCUT2D eigenvalue weighted by Crippen LogP contribution is 2.47. The summed E-state index contributed by atoms with van der Waals surface area (Å²) in [6.07, 6.45) is 3.62. The summed E-state index contributed by atoms with van der Waals surface area (Å²) in [5, 5.41) is 10.9. The molecule has 2 aromatic carbocycles.